The van der Waals surface area contributed by atoms with E-state index in [1.165, 1.54) is 6.07 Å². The van der Waals surface area contributed by atoms with Crippen LogP contribution < -0.4 is 10.6 Å². The van der Waals surface area contributed by atoms with Crippen LogP contribution >= 0.6 is 0 Å². The zero-order valence-electron chi connectivity index (χ0n) is 29.3. The Kier molecular flexibility index (Phi) is 3.32. The molecular weight excluding hydrogens is 420 g/mol. The largest absolute Gasteiger partial charge is 0.381 e. The Hall–Kier alpha value is -3.23. The van der Waals surface area contributed by atoms with Gasteiger partial charge in [-0.2, -0.15) is 0 Å². The molecule has 3 aliphatic rings. The zero-order chi connectivity index (χ0) is 33.5. The average molecular weight is 461 g/mol. The maximum Gasteiger partial charge on any atom is 0.255 e. The van der Waals surface area contributed by atoms with E-state index >= 15 is 0 Å². The standard InChI is InChI=1S/C25H28N4O4/c30-23-9-8-22(24(31)27-23)29-16-20-19(25(29)32)2-1-3-21(20)26-14-17-4-6-18(7-5-17)15-28-10-12-33-13-11-28/h1-7,22,26H,8-16H2,(H,27,30,31)/i8D2,9D2,10D2,11D2,12D2,13D2. The van der Waals surface area contributed by atoms with Gasteiger partial charge >= 0.3 is 0 Å². The van der Waals surface area contributed by atoms with Crippen LogP contribution in [0.25, 0.3) is 0 Å². The van der Waals surface area contributed by atoms with Gasteiger partial charge in [-0.3, -0.25) is 24.6 Å². The van der Waals surface area contributed by atoms with E-state index in [1.807, 2.05) is 5.32 Å². The molecule has 0 saturated carbocycles. The molecule has 2 saturated heterocycles. The summed E-state index contributed by atoms with van der Waals surface area (Å²) in [6.45, 7) is -12.8. The van der Waals surface area contributed by atoms with Gasteiger partial charge in [0.1, 0.15) is 6.04 Å². The molecular formula is C25H28N4O4. The molecule has 8 heteroatoms. The van der Waals surface area contributed by atoms with Crippen LogP contribution in [0, 0.1) is 0 Å². The molecule has 33 heavy (non-hydrogen) atoms. The predicted octanol–water partition coefficient (Wildman–Crippen LogP) is 1.89. The van der Waals surface area contributed by atoms with Gasteiger partial charge in [0.25, 0.3) is 5.91 Å². The number of rotatable bonds is 6. The summed E-state index contributed by atoms with van der Waals surface area (Å²) in [7, 11) is 0. The van der Waals surface area contributed by atoms with E-state index in [1.54, 1.807) is 36.4 Å². The van der Waals surface area contributed by atoms with Gasteiger partial charge < -0.3 is 15.0 Å². The number of anilines is 1. The van der Waals surface area contributed by atoms with Crippen LogP contribution in [-0.4, -0.2) is 59.7 Å². The fraction of sp³-hybridized carbons (Fsp3) is 0.400. The summed E-state index contributed by atoms with van der Waals surface area (Å²) in [5.41, 5.74) is 2.12. The molecule has 3 amide bonds. The number of benzene rings is 2. The monoisotopic (exact) mass is 460 g/mol. The predicted molar refractivity (Wildman–Crippen MR) is 122 cm³/mol. The second-order valence-electron chi connectivity index (χ2n) is 7.54. The van der Waals surface area contributed by atoms with Crippen LogP contribution in [-0.2, 0) is 34.0 Å². The average Bonchev–Trinajstić information content (AvgIpc) is 3.25. The third kappa shape index (κ3) is 4.62. The highest BCUT2D eigenvalue weighted by Gasteiger charge is 2.39. The summed E-state index contributed by atoms with van der Waals surface area (Å²) in [5.74, 6) is -3.25. The Bertz CT molecular complexity index is 1540. The number of piperidine rings is 1. The Morgan fingerprint density at radius 2 is 1.82 bits per heavy atom. The molecule has 2 aromatic carbocycles. The fourth-order valence-electron chi connectivity index (χ4n) is 3.79. The van der Waals surface area contributed by atoms with Crippen LogP contribution in [0.1, 0.15) is 56.2 Å². The maximum absolute atomic E-state index is 13.3. The van der Waals surface area contributed by atoms with E-state index in [4.69, 9.17) is 16.4 Å². The second-order valence-corrected chi connectivity index (χ2v) is 7.54. The van der Waals surface area contributed by atoms with Crippen molar-refractivity contribution in [2.24, 2.45) is 0 Å². The second kappa shape index (κ2) is 9.33. The number of imide groups is 1. The van der Waals surface area contributed by atoms with Gasteiger partial charge in [-0.15, -0.1) is 0 Å². The molecule has 0 spiro atoms. The first-order valence-corrected chi connectivity index (χ1v) is 10.1. The zero-order valence-corrected chi connectivity index (χ0v) is 17.3. The molecule has 2 fully saturated rings. The molecule has 3 heterocycles. The third-order valence-corrected chi connectivity index (χ3v) is 5.42. The van der Waals surface area contributed by atoms with Gasteiger partial charge in [0.15, 0.2) is 0 Å². The van der Waals surface area contributed by atoms with E-state index < -0.39 is 69.2 Å². The molecule has 172 valence electrons. The number of nitrogens with zero attached hydrogens (tertiary/aromatic N) is 2. The summed E-state index contributed by atoms with van der Waals surface area (Å²) in [5, 5.41) is 4.98. The molecule has 0 aromatic heterocycles. The van der Waals surface area contributed by atoms with Crippen LogP contribution in [0.3, 0.4) is 0 Å². The van der Waals surface area contributed by atoms with Gasteiger partial charge in [0.2, 0.25) is 11.8 Å². The normalized spacial score (nSPS) is 35.7. The van der Waals surface area contributed by atoms with Gasteiger partial charge in [0.05, 0.1) is 18.6 Å². The van der Waals surface area contributed by atoms with Crippen molar-refractivity contribution in [2.75, 3.05) is 31.4 Å². The van der Waals surface area contributed by atoms with Gasteiger partial charge in [-0.25, -0.2) is 0 Å². The molecule has 2 N–H and O–H groups in total. The Morgan fingerprint density at radius 3 is 2.61 bits per heavy atom. The highest BCUT2D eigenvalue weighted by molar-refractivity contribution is 6.06. The SMILES string of the molecule is [2H]C1([2H])OC([2H])([2H])C([2H])([2H])N(Cc2ccc(CNc3cccc4c3CN(C3C(=O)NC(=O)C([2H])([2H])C3([2H])[2H])C4=O)cc2)C1([2H])[2H]. The van der Waals surface area contributed by atoms with Crippen molar-refractivity contribution in [2.45, 2.75) is 38.4 Å². The van der Waals surface area contributed by atoms with Gasteiger partial charge in [0, 0.05) is 66.8 Å². The first kappa shape index (κ1) is 11.8. The number of ether oxygens (including phenoxy) is 1. The number of amides is 3. The van der Waals surface area contributed by atoms with Crippen LogP contribution in [0.4, 0.5) is 5.69 Å². The number of morpholine rings is 1. The molecule has 1 atom stereocenters. The first-order chi connectivity index (χ1) is 20.6. The molecule has 8 nitrogen and oxygen atoms in total. The van der Waals surface area contributed by atoms with E-state index in [0.29, 0.717) is 27.3 Å². The number of nitrogens with one attached hydrogen (secondary N) is 2. The smallest absolute Gasteiger partial charge is 0.255 e. The van der Waals surface area contributed by atoms with E-state index in [-0.39, 0.29) is 18.7 Å². The quantitative estimate of drug-likeness (QED) is 0.640. The van der Waals surface area contributed by atoms with Gasteiger partial charge in [-0.05, 0) is 29.6 Å². The lowest BCUT2D eigenvalue weighted by atomic mass is 10.0. The Morgan fingerprint density at radius 1 is 1.06 bits per heavy atom. The van der Waals surface area contributed by atoms with Crippen molar-refractivity contribution in [1.29, 1.82) is 0 Å². The van der Waals surface area contributed by atoms with Crippen LogP contribution in [0.2, 0.25) is 0 Å². The molecule has 0 radical (unpaired) electrons. The summed E-state index contributed by atoms with van der Waals surface area (Å²) >= 11 is 0. The fourth-order valence-corrected chi connectivity index (χ4v) is 3.79. The van der Waals surface area contributed by atoms with Crippen molar-refractivity contribution >= 4 is 23.4 Å². The van der Waals surface area contributed by atoms with Crippen LogP contribution in [0.15, 0.2) is 42.5 Å². The lowest BCUT2D eigenvalue weighted by Gasteiger charge is -2.29. The molecule has 3 aliphatic heterocycles. The van der Waals surface area contributed by atoms with Crippen molar-refractivity contribution < 1.29 is 35.6 Å². The van der Waals surface area contributed by atoms with E-state index in [0.717, 1.165) is 4.90 Å². The minimum atomic E-state index is -3.15. The van der Waals surface area contributed by atoms with Gasteiger partial charge in [-0.1, -0.05) is 30.3 Å². The number of carbonyl (C=O) groups is 3. The highest BCUT2D eigenvalue weighted by Crippen LogP contribution is 2.32. The van der Waals surface area contributed by atoms with Crippen LogP contribution in [0.5, 0.6) is 0 Å². The van der Waals surface area contributed by atoms with E-state index in [2.05, 4.69) is 10.1 Å². The number of hydrogen-bond donors (Lipinski definition) is 2. The van der Waals surface area contributed by atoms with Crippen molar-refractivity contribution in [3.8, 4) is 0 Å². The highest BCUT2D eigenvalue weighted by atomic mass is 16.5. The Balaban J connectivity index is 1.31. The molecule has 0 aliphatic carbocycles. The molecule has 1 unspecified atom stereocenters. The van der Waals surface area contributed by atoms with Crippen molar-refractivity contribution in [3.05, 3.63) is 64.7 Å². The Labute approximate surface area is 209 Å². The number of carbonyl (C=O) groups excluding carboxylic acids is 3. The minimum Gasteiger partial charge on any atom is -0.381 e. The third-order valence-electron chi connectivity index (χ3n) is 5.42. The molecule has 0 bridgehead atoms. The number of fused-ring (bicyclic) bond motifs is 1. The molecule has 2 aromatic rings. The first-order valence-electron chi connectivity index (χ1n) is 16.1. The minimum absolute atomic E-state index is 0.171. The number of hydrogen-bond acceptors (Lipinski definition) is 6. The summed E-state index contributed by atoms with van der Waals surface area (Å²) in [6, 6.07) is 9.18. The lowest BCUT2D eigenvalue weighted by molar-refractivity contribution is -0.136. The van der Waals surface area contributed by atoms with Crippen molar-refractivity contribution in [3.63, 3.8) is 0 Å². The maximum atomic E-state index is 13.3. The van der Waals surface area contributed by atoms with Crippen molar-refractivity contribution in [1.82, 2.24) is 15.1 Å². The lowest BCUT2D eigenvalue weighted by Crippen LogP contribution is -2.52. The topological polar surface area (TPSA) is 91.0 Å². The van der Waals surface area contributed by atoms with E-state index in [9.17, 15) is 14.4 Å². The summed E-state index contributed by atoms with van der Waals surface area (Å²) < 4.78 is 101. The summed E-state index contributed by atoms with van der Waals surface area (Å²) in [4.78, 5) is 39.2. The molecule has 5 rings (SSSR count). The summed E-state index contributed by atoms with van der Waals surface area (Å²) in [6.07, 6.45) is -6.08.